The first kappa shape index (κ1) is 15.1. The Kier molecular flexibility index (Phi) is 5.26. The number of carbonyl (C=O) groups is 1. The molecule has 1 fully saturated rings. The second-order valence-electron chi connectivity index (χ2n) is 5.37. The number of amides is 1. The topological polar surface area (TPSA) is 50.4 Å². The summed E-state index contributed by atoms with van der Waals surface area (Å²) in [6.07, 6.45) is 2.99. The van der Waals surface area contributed by atoms with Gasteiger partial charge < -0.3 is 15.4 Å². The van der Waals surface area contributed by atoms with Crippen LogP contribution in [0.2, 0.25) is 0 Å². The Bertz CT molecular complexity index is 461. The zero-order valence-corrected chi connectivity index (χ0v) is 12.2. The van der Waals surface area contributed by atoms with E-state index < -0.39 is 0 Å². The maximum atomic E-state index is 12.3. The van der Waals surface area contributed by atoms with Gasteiger partial charge in [-0.2, -0.15) is 0 Å². The third-order valence-electron chi connectivity index (χ3n) is 3.89. The molecule has 0 aliphatic carbocycles. The van der Waals surface area contributed by atoms with Gasteiger partial charge in [-0.05, 0) is 37.4 Å². The molecule has 0 saturated carbocycles. The Morgan fingerprint density at radius 2 is 2.20 bits per heavy atom. The standard InChI is InChI=1S/C15H20N2O2.ClH/c18-15(17-13-5-3-7-16-9-13)12-8-11-4-1-2-6-14(11)19-10-12;/h1-2,4,6,12-13,16H,3,5,7-10H2,(H,17,18);1H. The van der Waals surface area contributed by atoms with E-state index in [4.69, 9.17) is 4.74 Å². The lowest BCUT2D eigenvalue weighted by Crippen LogP contribution is -2.49. The second-order valence-corrected chi connectivity index (χ2v) is 5.37. The third-order valence-corrected chi connectivity index (χ3v) is 3.89. The molecule has 110 valence electrons. The van der Waals surface area contributed by atoms with Crippen molar-refractivity contribution in [2.45, 2.75) is 25.3 Å². The van der Waals surface area contributed by atoms with Gasteiger partial charge in [0.15, 0.2) is 0 Å². The van der Waals surface area contributed by atoms with Gasteiger partial charge >= 0.3 is 0 Å². The summed E-state index contributed by atoms with van der Waals surface area (Å²) in [5, 5.41) is 6.45. The fraction of sp³-hybridized carbons (Fsp3) is 0.533. The minimum atomic E-state index is -0.0585. The van der Waals surface area contributed by atoms with Crippen LogP contribution in [0.4, 0.5) is 0 Å². The van der Waals surface area contributed by atoms with Gasteiger partial charge in [-0.3, -0.25) is 4.79 Å². The number of fused-ring (bicyclic) bond motifs is 1. The molecule has 1 aromatic rings. The van der Waals surface area contributed by atoms with E-state index in [2.05, 4.69) is 10.6 Å². The van der Waals surface area contributed by atoms with E-state index in [-0.39, 0.29) is 30.3 Å². The van der Waals surface area contributed by atoms with Gasteiger partial charge in [0.1, 0.15) is 12.4 Å². The zero-order chi connectivity index (χ0) is 13.1. The van der Waals surface area contributed by atoms with Crippen LogP contribution in [0.1, 0.15) is 18.4 Å². The normalized spacial score (nSPS) is 24.8. The molecule has 2 aliphatic rings. The van der Waals surface area contributed by atoms with E-state index in [1.165, 1.54) is 0 Å². The minimum absolute atomic E-state index is 0. The van der Waals surface area contributed by atoms with Crippen LogP contribution in [0.15, 0.2) is 24.3 Å². The number of rotatable bonds is 2. The second kappa shape index (κ2) is 6.95. The molecule has 1 amide bonds. The molecule has 2 unspecified atom stereocenters. The lowest BCUT2D eigenvalue weighted by atomic mass is 9.95. The highest BCUT2D eigenvalue weighted by molar-refractivity contribution is 5.85. The van der Waals surface area contributed by atoms with E-state index in [1.54, 1.807) is 0 Å². The summed E-state index contributed by atoms with van der Waals surface area (Å²) in [6.45, 7) is 2.44. The van der Waals surface area contributed by atoms with Crippen LogP contribution >= 0.6 is 12.4 Å². The fourth-order valence-corrected chi connectivity index (χ4v) is 2.79. The van der Waals surface area contributed by atoms with Crippen LogP contribution in [0.25, 0.3) is 0 Å². The molecule has 1 saturated heterocycles. The van der Waals surface area contributed by atoms with Crippen molar-refractivity contribution in [2.75, 3.05) is 19.7 Å². The molecule has 3 rings (SSSR count). The molecule has 20 heavy (non-hydrogen) atoms. The summed E-state index contributed by atoms with van der Waals surface area (Å²) in [4.78, 5) is 12.3. The monoisotopic (exact) mass is 296 g/mol. The molecule has 0 bridgehead atoms. The molecule has 0 radical (unpaired) electrons. The summed E-state index contributed by atoms with van der Waals surface area (Å²) < 4.78 is 5.67. The summed E-state index contributed by atoms with van der Waals surface area (Å²) in [5.41, 5.74) is 1.13. The molecule has 2 atom stereocenters. The largest absolute Gasteiger partial charge is 0.492 e. The summed E-state index contributed by atoms with van der Waals surface area (Å²) in [7, 11) is 0. The third kappa shape index (κ3) is 3.44. The van der Waals surface area contributed by atoms with Gasteiger partial charge in [0, 0.05) is 12.6 Å². The van der Waals surface area contributed by atoms with E-state index in [1.807, 2.05) is 24.3 Å². The van der Waals surface area contributed by atoms with Crippen LogP contribution in [-0.2, 0) is 11.2 Å². The number of carbonyl (C=O) groups excluding carboxylic acids is 1. The Balaban J connectivity index is 0.00000147. The van der Waals surface area contributed by atoms with Crippen molar-refractivity contribution >= 4 is 18.3 Å². The molecule has 4 nitrogen and oxygen atoms in total. The van der Waals surface area contributed by atoms with Crippen molar-refractivity contribution in [1.82, 2.24) is 10.6 Å². The van der Waals surface area contributed by atoms with Gasteiger partial charge in [-0.15, -0.1) is 12.4 Å². The first-order chi connectivity index (χ1) is 9.33. The number of para-hydroxylation sites is 1. The predicted octanol–water partition coefficient (Wildman–Crippen LogP) is 1.53. The molecule has 2 N–H and O–H groups in total. The van der Waals surface area contributed by atoms with E-state index in [0.29, 0.717) is 6.61 Å². The zero-order valence-electron chi connectivity index (χ0n) is 11.4. The Hall–Kier alpha value is -1.26. The molecule has 5 heteroatoms. The molecule has 1 aromatic carbocycles. The van der Waals surface area contributed by atoms with Crippen molar-refractivity contribution in [3.63, 3.8) is 0 Å². The van der Waals surface area contributed by atoms with Crippen molar-refractivity contribution in [3.05, 3.63) is 29.8 Å². The molecule has 2 heterocycles. The van der Waals surface area contributed by atoms with Gasteiger partial charge in [0.2, 0.25) is 5.91 Å². The van der Waals surface area contributed by atoms with Crippen molar-refractivity contribution in [1.29, 1.82) is 0 Å². The van der Waals surface area contributed by atoms with Crippen molar-refractivity contribution < 1.29 is 9.53 Å². The van der Waals surface area contributed by atoms with Crippen LogP contribution in [0.5, 0.6) is 5.75 Å². The minimum Gasteiger partial charge on any atom is -0.492 e. The van der Waals surface area contributed by atoms with Crippen LogP contribution in [-0.4, -0.2) is 31.6 Å². The highest BCUT2D eigenvalue weighted by Crippen LogP contribution is 2.26. The van der Waals surface area contributed by atoms with Gasteiger partial charge in [0.05, 0.1) is 5.92 Å². The molecule has 2 aliphatic heterocycles. The SMILES string of the molecule is Cl.O=C(NC1CCCNC1)C1COc2ccccc2C1. The average Bonchev–Trinajstić information content (AvgIpc) is 2.48. The predicted molar refractivity (Wildman–Crippen MR) is 80.4 cm³/mol. The van der Waals surface area contributed by atoms with Gasteiger partial charge in [-0.1, -0.05) is 18.2 Å². The number of benzene rings is 1. The first-order valence-electron chi connectivity index (χ1n) is 7.05. The van der Waals surface area contributed by atoms with E-state index in [0.717, 1.165) is 43.7 Å². The lowest BCUT2D eigenvalue weighted by Gasteiger charge is -2.28. The van der Waals surface area contributed by atoms with Crippen LogP contribution in [0.3, 0.4) is 0 Å². The van der Waals surface area contributed by atoms with E-state index >= 15 is 0 Å². The summed E-state index contributed by atoms with van der Waals surface area (Å²) in [5.74, 6) is 0.992. The lowest BCUT2D eigenvalue weighted by molar-refractivity contribution is -0.127. The van der Waals surface area contributed by atoms with Gasteiger partial charge in [0.25, 0.3) is 0 Å². The maximum Gasteiger partial charge on any atom is 0.227 e. The van der Waals surface area contributed by atoms with Crippen LogP contribution in [0, 0.1) is 5.92 Å². The Morgan fingerprint density at radius 3 is 3.00 bits per heavy atom. The Morgan fingerprint density at radius 1 is 1.35 bits per heavy atom. The van der Waals surface area contributed by atoms with Crippen molar-refractivity contribution in [3.8, 4) is 5.75 Å². The summed E-state index contributed by atoms with van der Waals surface area (Å²) >= 11 is 0. The number of hydrogen-bond acceptors (Lipinski definition) is 3. The summed E-state index contributed by atoms with van der Waals surface area (Å²) in [6, 6.07) is 8.24. The van der Waals surface area contributed by atoms with Gasteiger partial charge in [-0.25, -0.2) is 0 Å². The fourth-order valence-electron chi connectivity index (χ4n) is 2.79. The molecule has 0 spiro atoms. The number of nitrogens with one attached hydrogen (secondary N) is 2. The maximum absolute atomic E-state index is 12.3. The smallest absolute Gasteiger partial charge is 0.227 e. The van der Waals surface area contributed by atoms with Crippen molar-refractivity contribution in [2.24, 2.45) is 5.92 Å². The molecule has 0 aromatic heterocycles. The Labute approximate surface area is 125 Å². The number of piperidine rings is 1. The average molecular weight is 297 g/mol. The number of hydrogen-bond donors (Lipinski definition) is 2. The molecular weight excluding hydrogens is 276 g/mol. The van der Waals surface area contributed by atoms with Crippen LogP contribution < -0.4 is 15.4 Å². The molecular formula is C15H21ClN2O2. The number of halogens is 1. The highest BCUT2D eigenvalue weighted by atomic mass is 35.5. The highest BCUT2D eigenvalue weighted by Gasteiger charge is 2.27. The number of ether oxygens (including phenoxy) is 1. The quantitative estimate of drug-likeness (QED) is 0.870. The first-order valence-corrected chi connectivity index (χ1v) is 7.05. The van der Waals surface area contributed by atoms with E-state index in [9.17, 15) is 4.79 Å².